The molecular formula is C17H15ClFNO4. The van der Waals surface area contributed by atoms with Gasteiger partial charge in [-0.2, -0.15) is 0 Å². The molecule has 0 radical (unpaired) electrons. The Balaban J connectivity index is 1.89. The van der Waals surface area contributed by atoms with E-state index in [0.29, 0.717) is 5.56 Å². The minimum absolute atomic E-state index is 0.123. The summed E-state index contributed by atoms with van der Waals surface area (Å²) in [4.78, 5) is 23.7. The van der Waals surface area contributed by atoms with Gasteiger partial charge in [-0.3, -0.25) is 4.79 Å². The van der Waals surface area contributed by atoms with Gasteiger partial charge in [0.15, 0.2) is 6.61 Å². The molecule has 0 saturated heterocycles. The first-order valence-corrected chi connectivity index (χ1v) is 7.45. The minimum Gasteiger partial charge on any atom is -0.507 e. The van der Waals surface area contributed by atoms with E-state index in [2.05, 4.69) is 5.32 Å². The molecule has 2 aromatic carbocycles. The summed E-state index contributed by atoms with van der Waals surface area (Å²) in [5, 5.41) is 12.5. The third-order valence-corrected chi connectivity index (χ3v) is 3.50. The molecule has 0 aliphatic heterocycles. The Morgan fingerprint density at radius 2 is 1.92 bits per heavy atom. The third kappa shape index (κ3) is 4.70. The summed E-state index contributed by atoms with van der Waals surface area (Å²) >= 11 is 5.75. The molecule has 1 amide bonds. The molecule has 0 unspecified atom stereocenters. The lowest BCUT2D eigenvalue weighted by Gasteiger charge is -2.14. The lowest BCUT2D eigenvalue weighted by atomic mass is 10.1. The normalized spacial score (nSPS) is 11.6. The Bertz CT molecular complexity index is 749. The summed E-state index contributed by atoms with van der Waals surface area (Å²) in [6.45, 7) is 1.20. The average Bonchev–Trinajstić information content (AvgIpc) is 2.55. The SMILES string of the molecule is C[C@H](NC(=O)COC(=O)c1cc(Cl)ccc1O)c1ccc(F)cc1. The van der Waals surface area contributed by atoms with E-state index in [-0.39, 0.29) is 28.2 Å². The van der Waals surface area contributed by atoms with Gasteiger partial charge in [-0.15, -0.1) is 0 Å². The number of phenols is 1. The number of phenolic OH excluding ortho intramolecular Hbond substituents is 1. The quantitative estimate of drug-likeness (QED) is 0.811. The van der Waals surface area contributed by atoms with Gasteiger partial charge in [0.1, 0.15) is 17.1 Å². The van der Waals surface area contributed by atoms with E-state index in [4.69, 9.17) is 16.3 Å². The molecule has 0 saturated carbocycles. The molecule has 24 heavy (non-hydrogen) atoms. The van der Waals surface area contributed by atoms with Crippen molar-refractivity contribution in [2.24, 2.45) is 0 Å². The highest BCUT2D eigenvalue weighted by atomic mass is 35.5. The maximum atomic E-state index is 12.9. The van der Waals surface area contributed by atoms with Crippen molar-refractivity contribution >= 4 is 23.5 Å². The number of hydrogen-bond acceptors (Lipinski definition) is 4. The smallest absolute Gasteiger partial charge is 0.342 e. The molecule has 0 aliphatic rings. The molecule has 2 N–H and O–H groups in total. The molecule has 0 spiro atoms. The zero-order chi connectivity index (χ0) is 17.7. The van der Waals surface area contributed by atoms with Crippen molar-refractivity contribution in [3.8, 4) is 5.75 Å². The number of halogens is 2. The molecular weight excluding hydrogens is 337 g/mol. The maximum absolute atomic E-state index is 12.9. The fourth-order valence-corrected chi connectivity index (χ4v) is 2.17. The van der Waals surface area contributed by atoms with Crippen molar-refractivity contribution in [1.29, 1.82) is 0 Å². The molecule has 2 rings (SSSR count). The Kier molecular flexibility index (Phi) is 5.76. The van der Waals surface area contributed by atoms with E-state index in [9.17, 15) is 19.1 Å². The van der Waals surface area contributed by atoms with Gasteiger partial charge in [0, 0.05) is 5.02 Å². The second-order valence-corrected chi connectivity index (χ2v) is 5.51. The third-order valence-electron chi connectivity index (χ3n) is 3.26. The van der Waals surface area contributed by atoms with Crippen LogP contribution in [0.3, 0.4) is 0 Å². The molecule has 0 aromatic heterocycles. The standard InChI is InChI=1S/C17H15ClFNO4/c1-10(11-2-5-13(19)6-3-11)20-16(22)9-24-17(23)14-8-12(18)4-7-15(14)21/h2-8,10,21H,9H2,1H3,(H,20,22)/t10-/m0/s1. The molecule has 1 atom stereocenters. The van der Waals surface area contributed by atoms with Gasteiger partial charge in [-0.05, 0) is 42.8 Å². The van der Waals surface area contributed by atoms with Gasteiger partial charge >= 0.3 is 5.97 Å². The summed E-state index contributed by atoms with van der Waals surface area (Å²) in [5.74, 6) is -2.04. The second kappa shape index (κ2) is 7.79. The number of rotatable bonds is 5. The molecule has 0 heterocycles. The van der Waals surface area contributed by atoms with Crippen LogP contribution in [-0.2, 0) is 9.53 Å². The number of hydrogen-bond donors (Lipinski definition) is 2. The van der Waals surface area contributed by atoms with Crippen molar-refractivity contribution in [2.75, 3.05) is 6.61 Å². The molecule has 0 aliphatic carbocycles. The predicted octanol–water partition coefficient (Wildman–Crippen LogP) is 3.22. The summed E-state index contributed by atoms with van der Waals surface area (Å²) in [6, 6.07) is 9.24. The van der Waals surface area contributed by atoms with Gasteiger partial charge in [0.05, 0.1) is 6.04 Å². The Morgan fingerprint density at radius 3 is 2.58 bits per heavy atom. The van der Waals surface area contributed by atoms with Gasteiger partial charge in [-0.1, -0.05) is 23.7 Å². The molecule has 0 bridgehead atoms. The highest BCUT2D eigenvalue weighted by Crippen LogP contribution is 2.22. The summed E-state index contributed by atoms with van der Waals surface area (Å²) < 4.78 is 17.7. The predicted molar refractivity (Wildman–Crippen MR) is 86.4 cm³/mol. The van der Waals surface area contributed by atoms with Crippen LogP contribution in [0.5, 0.6) is 5.75 Å². The molecule has 0 fully saturated rings. The van der Waals surface area contributed by atoms with Crippen LogP contribution in [0, 0.1) is 5.82 Å². The monoisotopic (exact) mass is 351 g/mol. The van der Waals surface area contributed by atoms with Crippen LogP contribution in [0.4, 0.5) is 4.39 Å². The summed E-state index contributed by atoms with van der Waals surface area (Å²) in [5.41, 5.74) is 0.588. The number of nitrogens with one attached hydrogen (secondary N) is 1. The zero-order valence-electron chi connectivity index (χ0n) is 12.8. The van der Waals surface area contributed by atoms with Crippen molar-refractivity contribution in [1.82, 2.24) is 5.32 Å². The topological polar surface area (TPSA) is 75.6 Å². The maximum Gasteiger partial charge on any atom is 0.342 e. The lowest BCUT2D eigenvalue weighted by Crippen LogP contribution is -2.31. The van der Waals surface area contributed by atoms with Crippen LogP contribution in [0.25, 0.3) is 0 Å². The average molecular weight is 352 g/mol. The molecule has 126 valence electrons. The first-order valence-electron chi connectivity index (χ1n) is 7.07. The Morgan fingerprint density at radius 1 is 1.25 bits per heavy atom. The number of aromatic hydroxyl groups is 1. The number of ether oxygens (including phenoxy) is 1. The van der Waals surface area contributed by atoms with E-state index in [0.717, 1.165) is 0 Å². The first kappa shape index (κ1) is 17.7. The van der Waals surface area contributed by atoms with Gasteiger partial charge in [-0.25, -0.2) is 9.18 Å². The molecule has 5 nitrogen and oxygen atoms in total. The van der Waals surface area contributed by atoms with E-state index in [1.54, 1.807) is 19.1 Å². The Labute approximate surface area is 143 Å². The van der Waals surface area contributed by atoms with Crippen molar-refractivity contribution in [3.63, 3.8) is 0 Å². The summed E-state index contributed by atoms with van der Waals surface area (Å²) in [6.07, 6.45) is 0. The van der Waals surface area contributed by atoms with Crippen molar-refractivity contribution in [2.45, 2.75) is 13.0 Å². The van der Waals surface area contributed by atoms with Crippen LogP contribution in [0.2, 0.25) is 5.02 Å². The van der Waals surface area contributed by atoms with Crippen LogP contribution in [0.15, 0.2) is 42.5 Å². The van der Waals surface area contributed by atoms with Crippen LogP contribution in [0.1, 0.15) is 28.9 Å². The number of carbonyl (C=O) groups is 2. The number of esters is 1. The zero-order valence-corrected chi connectivity index (χ0v) is 13.5. The lowest BCUT2D eigenvalue weighted by molar-refractivity contribution is -0.124. The van der Waals surface area contributed by atoms with E-state index in [1.807, 2.05) is 0 Å². The minimum atomic E-state index is -0.861. The Hall–Kier alpha value is -2.60. The van der Waals surface area contributed by atoms with E-state index < -0.39 is 18.5 Å². The number of carbonyl (C=O) groups excluding carboxylic acids is 2. The molecule has 7 heteroatoms. The number of benzene rings is 2. The largest absolute Gasteiger partial charge is 0.507 e. The van der Waals surface area contributed by atoms with E-state index in [1.165, 1.54) is 30.3 Å². The van der Waals surface area contributed by atoms with Gasteiger partial charge < -0.3 is 15.2 Å². The first-order chi connectivity index (χ1) is 11.4. The van der Waals surface area contributed by atoms with Crippen molar-refractivity contribution in [3.05, 3.63) is 64.4 Å². The van der Waals surface area contributed by atoms with E-state index >= 15 is 0 Å². The van der Waals surface area contributed by atoms with Crippen LogP contribution >= 0.6 is 11.6 Å². The van der Waals surface area contributed by atoms with Gasteiger partial charge in [0.25, 0.3) is 5.91 Å². The van der Waals surface area contributed by atoms with Crippen LogP contribution in [-0.4, -0.2) is 23.6 Å². The van der Waals surface area contributed by atoms with Gasteiger partial charge in [0.2, 0.25) is 0 Å². The van der Waals surface area contributed by atoms with Crippen LogP contribution < -0.4 is 5.32 Å². The highest BCUT2D eigenvalue weighted by molar-refractivity contribution is 6.31. The molecule has 2 aromatic rings. The fraction of sp³-hybridized carbons (Fsp3) is 0.176. The fourth-order valence-electron chi connectivity index (χ4n) is 2.00. The second-order valence-electron chi connectivity index (χ2n) is 5.08. The number of amides is 1. The summed E-state index contributed by atoms with van der Waals surface area (Å²) in [7, 11) is 0. The highest BCUT2D eigenvalue weighted by Gasteiger charge is 2.16. The van der Waals surface area contributed by atoms with Crippen molar-refractivity contribution < 1.29 is 23.8 Å².